The molecule has 9 nitrogen and oxygen atoms in total. The number of amides is 2. The van der Waals surface area contributed by atoms with Crippen LogP contribution in [0.1, 0.15) is 50.2 Å². The van der Waals surface area contributed by atoms with Gasteiger partial charge in [-0.25, -0.2) is 9.07 Å². The van der Waals surface area contributed by atoms with E-state index in [9.17, 15) is 18.8 Å². The summed E-state index contributed by atoms with van der Waals surface area (Å²) in [7, 11) is 0. The molecule has 0 unspecified atom stereocenters. The third-order valence-corrected chi connectivity index (χ3v) is 7.65. The van der Waals surface area contributed by atoms with Gasteiger partial charge >= 0.3 is 0 Å². The Balaban J connectivity index is 1.07. The Morgan fingerprint density at radius 1 is 0.744 bits per heavy atom. The summed E-state index contributed by atoms with van der Waals surface area (Å²) < 4.78 is 20.5. The standard InChI is InChI=1S/C33H24FN5O4/c34-22-15-13-20(14-16-22)18-27-23-8-1-2-9-24(23)33(42)39(37-27)19-29-36-35-28(43-29)12-5-17-38-31(40)25-10-3-6-21-7-4-11-26(30(21)25)32(38)41/h1-4,6-11,13-16H,5,12,17-19H2. The molecule has 7 rings (SSSR count). The van der Waals surface area contributed by atoms with E-state index in [1.165, 1.54) is 21.7 Å². The second-order valence-electron chi connectivity index (χ2n) is 10.4. The molecule has 4 aromatic carbocycles. The van der Waals surface area contributed by atoms with E-state index in [0.29, 0.717) is 52.7 Å². The Kier molecular flexibility index (Phi) is 6.58. The number of benzene rings is 4. The summed E-state index contributed by atoms with van der Waals surface area (Å²) in [5, 5.41) is 15.6. The number of aromatic nitrogens is 4. The molecule has 10 heteroatoms. The van der Waals surface area contributed by atoms with Crippen molar-refractivity contribution in [2.24, 2.45) is 0 Å². The number of rotatable bonds is 8. The van der Waals surface area contributed by atoms with Gasteiger partial charge in [-0.1, -0.05) is 54.6 Å². The highest BCUT2D eigenvalue weighted by molar-refractivity contribution is 6.25. The van der Waals surface area contributed by atoms with Crippen LogP contribution in [0.2, 0.25) is 0 Å². The first-order valence-corrected chi connectivity index (χ1v) is 13.9. The summed E-state index contributed by atoms with van der Waals surface area (Å²) in [5.41, 5.74) is 2.25. The summed E-state index contributed by atoms with van der Waals surface area (Å²) in [6, 6.07) is 24.3. The Morgan fingerprint density at radius 2 is 1.42 bits per heavy atom. The van der Waals surface area contributed by atoms with Crippen molar-refractivity contribution in [3.05, 3.63) is 135 Å². The van der Waals surface area contributed by atoms with E-state index in [2.05, 4.69) is 15.3 Å². The summed E-state index contributed by atoms with van der Waals surface area (Å²) in [5.74, 6) is -0.429. The average molecular weight is 574 g/mol. The van der Waals surface area contributed by atoms with Crippen molar-refractivity contribution < 1.29 is 18.4 Å². The van der Waals surface area contributed by atoms with Crippen LogP contribution in [0.4, 0.5) is 4.39 Å². The van der Waals surface area contributed by atoms with Crippen molar-refractivity contribution in [1.82, 2.24) is 24.9 Å². The molecule has 0 aliphatic carbocycles. The number of hydrogen-bond donors (Lipinski definition) is 0. The van der Waals surface area contributed by atoms with Gasteiger partial charge < -0.3 is 4.42 Å². The predicted octanol–water partition coefficient (Wildman–Crippen LogP) is 4.94. The topological polar surface area (TPSA) is 111 Å². The maximum absolute atomic E-state index is 13.4. The number of fused-ring (bicyclic) bond motifs is 1. The van der Waals surface area contributed by atoms with Crippen LogP contribution >= 0.6 is 0 Å². The summed E-state index contributed by atoms with van der Waals surface area (Å²) in [6.45, 7) is 0.162. The molecule has 0 fully saturated rings. The van der Waals surface area contributed by atoms with Gasteiger partial charge in [-0.3, -0.25) is 19.3 Å². The van der Waals surface area contributed by atoms with Crippen LogP contribution in [0.15, 0.2) is 94.1 Å². The normalized spacial score (nSPS) is 12.9. The third-order valence-electron chi connectivity index (χ3n) is 7.65. The second-order valence-corrected chi connectivity index (χ2v) is 10.4. The Labute approximate surface area is 244 Å². The van der Waals surface area contributed by atoms with E-state index in [4.69, 9.17) is 4.42 Å². The first-order chi connectivity index (χ1) is 21.0. The summed E-state index contributed by atoms with van der Waals surface area (Å²) in [6.07, 6.45) is 1.17. The highest BCUT2D eigenvalue weighted by Crippen LogP contribution is 2.30. The molecule has 0 radical (unpaired) electrons. The molecule has 0 N–H and O–H groups in total. The molecule has 6 aromatic rings. The number of halogens is 1. The van der Waals surface area contributed by atoms with Crippen molar-refractivity contribution in [3.63, 3.8) is 0 Å². The molecule has 0 bridgehead atoms. The van der Waals surface area contributed by atoms with Gasteiger partial charge in [0.15, 0.2) is 0 Å². The van der Waals surface area contributed by atoms with Gasteiger partial charge in [-0.15, -0.1) is 10.2 Å². The first-order valence-electron chi connectivity index (χ1n) is 13.9. The van der Waals surface area contributed by atoms with E-state index >= 15 is 0 Å². The quantitative estimate of drug-likeness (QED) is 0.237. The van der Waals surface area contributed by atoms with Gasteiger partial charge in [0.2, 0.25) is 11.8 Å². The van der Waals surface area contributed by atoms with Crippen LogP contribution in [0, 0.1) is 5.82 Å². The monoisotopic (exact) mass is 573 g/mol. The van der Waals surface area contributed by atoms with E-state index in [1.54, 1.807) is 36.4 Å². The molecule has 1 aliphatic heterocycles. The van der Waals surface area contributed by atoms with E-state index in [1.807, 2.05) is 36.4 Å². The zero-order valence-electron chi connectivity index (χ0n) is 22.9. The number of nitrogens with zero attached hydrogens (tertiary/aromatic N) is 5. The van der Waals surface area contributed by atoms with Crippen LogP contribution in [-0.2, 0) is 19.4 Å². The summed E-state index contributed by atoms with van der Waals surface area (Å²) in [4.78, 5) is 40.8. The molecule has 0 saturated heterocycles. The van der Waals surface area contributed by atoms with Crippen LogP contribution < -0.4 is 5.56 Å². The molecular formula is C33H24FN5O4. The third kappa shape index (κ3) is 4.86. The Hall–Kier alpha value is -5.51. The first kappa shape index (κ1) is 26.4. The maximum Gasteiger partial charge on any atom is 0.275 e. The molecule has 3 heterocycles. The minimum absolute atomic E-state index is 0.0308. The molecule has 2 aromatic heterocycles. The largest absolute Gasteiger partial charge is 0.423 e. The molecule has 2 amide bonds. The fraction of sp³-hybridized carbons (Fsp3) is 0.152. The van der Waals surface area contributed by atoms with Crippen LogP contribution in [0.25, 0.3) is 21.5 Å². The zero-order chi connectivity index (χ0) is 29.5. The SMILES string of the molecule is O=C1c2cccc3cccc(c23)C(=O)N1CCCc1nnc(Cn2nc(Cc3ccc(F)cc3)c3ccccc3c2=O)o1. The lowest BCUT2D eigenvalue weighted by molar-refractivity contribution is 0.0608. The van der Waals surface area contributed by atoms with Crippen molar-refractivity contribution >= 4 is 33.4 Å². The van der Waals surface area contributed by atoms with Gasteiger partial charge in [-0.2, -0.15) is 5.10 Å². The Bertz CT molecular complexity index is 2050. The van der Waals surface area contributed by atoms with Gasteiger partial charge in [0.25, 0.3) is 17.4 Å². The second kappa shape index (κ2) is 10.7. The van der Waals surface area contributed by atoms with Crippen molar-refractivity contribution in [1.29, 1.82) is 0 Å². The van der Waals surface area contributed by atoms with Crippen LogP contribution in [0.3, 0.4) is 0 Å². The van der Waals surface area contributed by atoms with Gasteiger partial charge in [0.1, 0.15) is 12.4 Å². The molecular weight excluding hydrogens is 549 g/mol. The minimum Gasteiger partial charge on any atom is -0.423 e. The summed E-state index contributed by atoms with van der Waals surface area (Å²) >= 11 is 0. The lowest BCUT2D eigenvalue weighted by Crippen LogP contribution is -2.41. The minimum atomic E-state index is -0.323. The van der Waals surface area contributed by atoms with Gasteiger partial charge in [0.05, 0.1) is 11.1 Å². The molecule has 1 aliphatic rings. The van der Waals surface area contributed by atoms with Gasteiger partial charge in [0, 0.05) is 41.3 Å². The lowest BCUT2D eigenvalue weighted by Gasteiger charge is -2.27. The van der Waals surface area contributed by atoms with Crippen LogP contribution in [-0.4, -0.2) is 43.2 Å². The fourth-order valence-corrected chi connectivity index (χ4v) is 5.59. The van der Waals surface area contributed by atoms with E-state index in [0.717, 1.165) is 16.3 Å². The van der Waals surface area contributed by atoms with E-state index in [-0.39, 0.29) is 42.2 Å². The number of carbonyl (C=O) groups is 2. The number of imide groups is 1. The predicted molar refractivity (Wildman–Crippen MR) is 156 cm³/mol. The molecule has 212 valence electrons. The molecule has 43 heavy (non-hydrogen) atoms. The lowest BCUT2D eigenvalue weighted by atomic mass is 9.94. The number of carbonyl (C=O) groups excluding carboxylic acids is 2. The van der Waals surface area contributed by atoms with Crippen LogP contribution in [0.5, 0.6) is 0 Å². The molecule has 0 spiro atoms. The average Bonchev–Trinajstić information content (AvgIpc) is 3.48. The maximum atomic E-state index is 13.4. The zero-order valence-corrected chi connectivity index (χ0v) is 22.9. The molecule has 0 saturated carbocycles. The van der Waals surface area contributed by atoms with Crippen molar-refractivity contribution in [3.8, 4) is 0 Å². The Morgan fingerprint density at radius 3 is 2.14 bits per heavy atom. The number of hydrogen-bond acceptors (Lipinski definition) is 7. The number of aryl methyl sites for hydroxylation is 1. The smallest absolute Gasteiger partial charge is 0.275 e. The van der Waals surface area contributed by atoms with Gasteiger partial charge in [-0.05, 0) is 47.7 Å². The van der Waals surface area contributed by atoms with E-state index < -0.39 is 0 Å². The van der Waals surface area contributed by atoms with Crippen molar-refractivity contribution in [2.75, 3.05) is 6.54 Å². The van der Waals surface area contributed by atoms with Crippen molar-refractivity contribution in [2.45, 2.75) is 25.8 Å². The highest BCUT2D eigenvalue weighted by Gasteiger charge is 2.32. The molecule has 0 atom stereocenters. The fourth-order valence-electron chi connectivity index (χ4n) is 5.59. The highest BCUT2D eigenvalue weighted by atomic mass is 19.1.